The zero-order valence-electron chi connectivity index (χ0n) is 14.6. The summed E-state index contributed by atoms with van der Waals surface area (Å²) in [5, 5.41) is 2.83. The molecule has 5 nitrogen and oxygen atoms in total. The maximum Gasteiger partial charge on any atom is 0.243 e. The van der Waals surface area contributed by atoms with Crippen LogP contribution in [0.25, 0.3) is 0 Å². The number of amides is 1. The van der Waals surface area contributed by atoms with Crippen molar-refractivity contribution in [2.75, 3.05) is 6.54 Å². The van der Waals surface area contributed by atoms with E-state index in [0.29, 0.717) is 19.4 Å². The topological polar surface area (TPSA) is 66.5 Å². The zero-order valence-corrected chi connectivity index (χ0v) is 17.0. The highest BCUT2D eigenvalue weighted by Gasteiger charge is 2.37. The molecule has 0 bridgehead atoms. The number of hydrogen-bond acceptors (Lipinski definition) is 3. The molecule has 1 atom stereocenters. The quantitative estimate of drug-likeness (QED) is 0.751. The van der Waals surface area contributed by atoms with Crippen LogP contribution in [0.3, 0.4) is 0 Å². The number of benzene rings is 2. The van der Waals surface area contributed by atoms with Crippen molar-refractivity contribution < 1.29 is 17.6 Å². The van der Waals surface area contributed by atoms with E-state index in [0.717, 1.165) is 28.6 Å². The van der Waals surface area contributed by atoms with Gasteiger partial charge in [0.05, 0.1) is 4.90 Å². The molecule has 1 aliphatic heterocycles. The number of halogens is 2. The maximum atomic E-state index is 13.1. The van der Waals surface area contributed by atoms with E-state index >= 15 is 0 Å². The second-order valence-electron chi connectivity index (χ2n) is 6.43. The maximum absolute atomic E-state index is 13.1. The molecule has 0 radical (unpaired) electrons. The first-order chi connectivity index (χ1) is 12.9. The minimum absolute atomic E-state index is 0.00408. The molecule has 2 aromatic carbocycles. The van der Waals surface area contributed by atoms with Crippen LogP contribution < -0.4 is 5.32 Å². The van der Waals surface area contributed by atoms with Crippen molar-refractivity contribution in [3.05, 3.63) is 64.4 Å². The predicted molar refractivity (Wildman–Crippen MR) is 104 cm³/mol. The molecule has 3 rings (SSSR count). The van der Waals surface area contributed by atoms with Crippen molar-refractivity contribution in [3.8, 4) is 0 Å². The molecular formula is C19H20BrFN2O3S. The Kier molecular flexibility index (Phi) is 6.29. The first kappa shape index (κ1) is 20.0. The summed E-state index contributed by atoms with van der Waals surface area (Å²) in [6.45, 7) is 0.591. The fourth-order valence-electron chi connectivity index (χ4n) is 3.15. The number of nitrogens with one attached hydrogen (secondary N) is 1. The van der Waals surface area contributed by atoms with Crippen LogP contribution in [0.15, 0.2) is 57.9 Å². The Labute approximate surface area is 166 Å². The molecule has 8 heteroatoms. The molecule has 0 aliphatic carbocycles. The molecule has 0 aromatic heterocycles. The van der Waals surface area contributed by atoms with Crippen molar-refractivity contribution in [3.63, 3.8) is 0 Å². The summed E-state index contributed by atoms with van der Waals surface area (Å²) in [6, 6.07) is 11.5. The summed E-state index contributed by atoms with van der Waals surface area (Å²) in [5.74, 6) is -0.823. The average molecular weight is 455 g/mol. The lowest BCUT2D eigenvalue weighted by Crippen LogP contribution is -2.51. The Balaban J connectivity index is 1.76. The summed E-state index contributed by atoms with van der Waals surface area (Å²) in [4.78, 5) is 12.7. The van der Waals surface area contributed by atoms with E-state index in [9.17, 15) is 17.6 Å². The third-order valence-electron chi connectivity index (χ3n) is 4.53. The van der Waals surface area contributed by atoms with Crippen molar-refractivity contribution >= 4 is 31.9 Å². The van der Waals surface area contributed by atoms with Crippen LogP contribution in [0.5, 0.6) is 0 Å². The predicted octanol–water partition coefficient (Wildman–Crippen LogP) is 3.45. The highest BCUT2D eigenvalue weighted by atomic mass is 79.9. The van der Waals surface area contributed by atoms with Gasteiger partial charge in [-0.25, -0.2) is 12.8 Å². The lowest BCUT2D eigenvalue weighted by Gasteiger charge is -2.33. The number of carbonyl (C=O) groups is 1. The minimum atomic E-state index is -3.86. The molecule has 2 aromatic rings. The number of sulfonamides is 1. The Morgan fingerprint density at radius 3 is 2.63 bits per heavy atom. The van der Waals surface area contributed by atoms with Gasteiger partial charge in [0.1, 0.15) is 11.9 Å². The fraction of sp³-hybridized carbons (Fsp3) is 0.316. The summed E-state index contributed by atoms with van der Waals surface area (Å²) < 4.78 is 41.2. The fourth-order valence-corrected chi connectivity index (χ4v) is 5.25. The Morgan fingerprint density at radius 1 is 1.19 bits per heavy atom. The highest BCUT2D eigenvalue weighted by molar-refractivity contribution is 9.10. The van der Waals surface area contributed by atoms with Crippen LogP contribution in [-0.4, -0.2) is 31.2 Å². The van der Waals surface area contributed by atoms with Gasteiger partial charge < -0.3 is 5.32 Å². The molecule has 1 heterocycles. The Morgan fingerprint density at radius 2 is 1.93 bits per heavy atom. The van der Waals surface area contributed by atoms with Gasteiger partial charge in [-0.1, -0.05) is 34.5 Å². The van der Waals surface area contributed by atoms with E-state index in [1.165, 1.54) is 16.4 Å². The van der Waals surface area contributed by atoms with Crippen molar-refractivity contribution in [1.82, 2.24) is 9.62 Å². The van der Waals surface area contributed by atoms with Gasteiger partial charge in [0, 0.05) is 17.6 Å². The molecule has 27 heavy (non-hydrogen) atoms. The standard InChI is InChI=1S/C19H20BrFN2O3S/c20-15-5-3-4-14(12-15)13-22-19(24)18-6-1-2-11-23(18)27(25,26)17-9-7-16(21)8-10-17/h3-5,7-10,12,18H,1-2,6,11,13H2,(H,22,24)/t18-/m1/s1. The van der Waals surface area contributed by atoms with Crippen LogP contribution in [0, 0.1) is 5.82 Å². The third kappa shape index (κ3) is 4.75. The van der Waals surface area contributed by atoms with Gasteiger partial charge in [-0.3, -0.25) is 4.79 Å². The number of piperidine rings is 1. The van der Waals surface area contributed by atoms with E-state index < -0.39 is 21.9 Å². The third-order valence-corrected chi connectivity index (χ3v) is 6.95. The number of carbonyl (C=O) groups excluding carboxylic acids is 1. The summed E-state index contributed by atoms with van der Waals surface area (Å²) in [7, 11) is -3.86. The van der Waals surface area contributed by atoms with E-state index in [4.69, 9.17) is 0 Å². The van der Waals surface area contributed by atoms with Crippen molar-refractivity contribution in [2.45, 2.75) is 36.7 Å². The molecule has 1 saturated heterocycles. The highest BCUT2D eigenvalue weighted by Crippen LogP contribution is 2.26. The second kappa shape index (κ2) is 8.50. The lowest BCUT2D eigenvalue weighted by molar-refractivity contribution is -0.125. The normalized spacial score (nSPS) is 18.2. The Hall–Kier alpha value is -1.77. The van der Waals surface area contributed by atoms with Crippen LogP contribution >= 0.6 is 15.9 Å². The van der Waals surface area contributed by atoms with E-state index in [1.807, 2.05) is 24.3 Å². The molecule has 1 N–H and O–H groups in total. The average Bonchev–Trinajstić information content (AvgIpc) is 2.66. The van der Waals surface area contributed by atoms with Crippen LogP contribution in [0.2, 0.25) is 0 Å². The number of rotatable bonds is 5. The van der Waals surface area contributed by atoms with Gasteiger partial charge in [0.25, 0.3) is 0 Å². The first-order valence-electron chi connectivity index (χ1n) is 8.67. The van der Waals surface area contributed by atoms with Gasteiger partial charge in [-0.05, 0) is 54.8 Å². The second-order valence-corrected chi connectivity index (χ2v) is 9.24. The largest absolute Gasteiger partial charge is 0.351 e. The molecular weight excluding hydrogens is 435 g/mol. The summed E-state index contributed by atoms with van der Waals surface area (Å²) in [6.07, 6.45) is 1.94. The van der Waals surface area contributed by atoms with Crippen molar-refractivity contribution in [1.29, 1.82) is 0 Å². The number of nitrogens with zero attached hydrogens (tertiary/aromatic N) is 1. The molecule has 1 aliphatic rings. The van der Waals surface area contributed by atoms with E-state index in [-0.39, 0.29) is 17.3 Å². The Bertz CT molecular complexity index is 919. The molecule has 144 valence electrons. The number of hydrogen-bond donors (Lipinski definition) is 1. The van der Waals surface area contributed by atoms with Gasteiger partial charge >= 0.3 is 0 Å². The van der Waals surface area contributed by atoms with Crippen LogP contribution in [-0.2, 0) is 21.4 Å². The van der Waals surface area contributed by atoms with Gasteiger partial charge in [-0.2, -0.15) is 4.31 Å². The molecule has 0 saturated carbocycles. The molecule has 1 fully saturated rings. The molecule has 1 amide bonds. The first-order valence-corrected chi connectivity index (χ1v) is 10.9. The van der Waals surface area contributed by atoms with Gasteiger partial charge in [0.15, 0.2) is 0 Å². The summed E-state index contributed by atoms with van der Waals surface area (Å²) in [5.41, 5.74) is 0.918. The van der Waals surface area contributed by atoms with Crippen LogP contribution in [0.1, 0.15) is 24.8 Å². The van der Waals surface area contributed by atoms with Crippen LogP contribution in [0.4, 0.5) is 4.39 Å². The minimum Gasteiger partial charge on any atom is -0.351 e. The molecule has 0 unspecified atom stereocenters. The molecule has 0 spiro atoms. The smallest absolute Gasteiger partial charge is 0.243 e. The van der Waals surface area contributed by atoms with Gasteiger partial charge in [0.2, 0.25) is 15.9 Å². The van der Waals surface area contributed by atoms with Gasteiger partial charge in [-0.15, -0.1) is 0 Å². The summed E-state index contributed by atoms with van der Waals surface area (Å²) >= 11 is 3.39. The monoisotopic (exact) mass is 454 g/mol. The van der Waals surface area contributed by atoms with E-state index in [2.05, 4.69) is 21.2 Å². The van der Waals surface area contributed by atoms with E-state index in [1.54, 1.807) is 0 Å². The zero-order chi connectivity index (χ0) is 19.4. The SMILES string of the molecule is O=C(NCc1cccc(Br)c1)[C@H]1CCCCN1S(=O)(=O)c1ccc(F)cc1. The van der Waals surface area contributed by atoms with Crippen molar-refractivity contribution in [2.24, 2.45) is 0 Å². The lowest BCUT2D eigenvalue weighted by atomic mass is 10.0.